The molecule has 6 heteroatoms. The van der Waals surface area contributed by atoms with Gasteiger partial charge >= 0.3 is 7.25 Å². The fourth-order valence-electron chi connectivity index (χ4n) is 3.80. The standard InChI is InChI=1S/C27H24P.BF4/c1-2-23-18-20-24(21-19-23)22-28(25-12-6-3-7-13-25,26-14-8-4-9-15-26)27-16-10-5-11-17-27;2-1(3,4)5/h2-21H,1,22H2;/q+1;-1. The average Bonchev–Trinajstić information content (AvgIpc) is 2.83. The van der Waals surface area contributed by atoms with Crippen LogP contribution in [0.3, 0.4) is 0 Å². The van der Waals surface area contributed by atoms with E-state index in [1.165, 1.54) is 21.5 Å². The number of benzene rings is 4. The van der Waals surface area contributed by atoms with Gasteiger partial charge in [0.1, 0.15) is 23.2 Å². The summed E-state index contributed by atoms with van der Waals surface area (Å²) >= 11 is 0. The minimum absolute atomic E-state index is 1.00. The molecule has 0 radical (unpaired) electrons. The van der Waals surface area contributed by atoms with E-state index < -0.39 is 14.5 Å². The monoisotopic (exact) mass is 466 g/mol. The van der Waals surface area contributed by atoms with Crippen LogP contribution in [0.1, 0.15) is 11.1 Å². The van der Waals surface area contributed by atoms with Crippen molar-refractivity contribution < 1.29 is 17.3 Å². The Bertz CT molecular complexity index is 1030. The van der Waals surface area contributed by atoms with Gasteiger partial charge < -0.3 is 17.3 Å². The molecule has 33 heavy (non-hydrogen) atoms. The van der Waals surface area contributed by atoms with Gasteiger partial charge in [0.15, 0.2) is 0 Å². The molecule has 0 aromatic heterocycles. The Morgan fingerprint density at radius 3 is 1.21 bits per heavy atom. The van der Waals surface area contributed by atoms with Crippen molar-refractivity contribution in [2.45, 2.75) is 6.16 Å². The van der Waals surface area contributed by atoms with E-state index in [1.54, 1.807) is 0 Å². The summed E-state index contributed by atoms with van der Waals surface area (Å²) < 4.78 is 39.0. The van der Waals surface area contributed by atoms with Crippen LogP contribution in [0.2, 0.25) is 0 Å². The van der Waals surface area contributed by atoms with E-state index in [0.29, 0.717) is 0 Å². The summed E-state index contributed by atoms with van der Waals surface area (Å²) in [4.78, 5) is 0. The second-order valence-corrected chi connectivity index (χ2v) is 10.9. The Hall–Kier alpha value is -3.17. The predicted octanol–water partition coefficient (Wildman–Crippen LogP) is 7.12. The van der Waals surface area contributed by atoms with Crippen LogP contribution in [0.15, 0.2) is 122 Å². The van der Waals surface area contributed by atoms with Crippen molar-refractivity contribution in [1.82, 2.24) is 0 Å². The van der Waals surface area contributed by atoms with Crippen molar-refractivity contribution in [1.29, 1.82) is 0 Å². The first-order valence-electron chi connectivity index (χ1n) is 10.5. The van der Waals surface area contributed by atoms with E-state index in [2.05, 4.69) is 122 Å². The second kappa shape index (κ2) is 11.1. The first kappa shape index (κ1) is 24.5. The number of hydrogen-bond acceptors (Lipinski definition) is 0. The third-order valence-electron chi connectivity index (χ3n) is 5.23. The summed E-state index contributed by atoms with van der Waals surface area (Å²) in [7, 11) is -7.82. The van der Waals surface area contributed by atoms with Crippen molar-refractivity contribution in [3.63, 3.8) is 0 Å². The van der Waals surface area contributed by atoms with Crippen molar-refractivity contribution in [2.75, 3.05) is 0 Å². The molecule has 4 aromatic carbocycles. The zero-order valence-corrected chi connectivity index (χ0v) is 18.9. The highest BCUT2D eigenvalue weighted by molar-refractivity contribution is 7.95. The van der Waals surface area contributed by atoms with Crippen LogP contribution >= 0.6 is 7.26 Å². The predicted molar refractivity (Wildman–Crippen MR) is 136 cm³/mol. The Morgan fingerprint density at radius 2 is 0.909 bits per heavy atom. The van der Waals surface area contributed by atoms with Crippen LogP contribution in [0.4, 0.5) is 17.3 Å². The molecule has 0 aliphatic carbocycles. The van der Waals surface area contributed by atoms with E-state index in [9.17, 15) is 17.3 Å². The van der Waals surface area contributed by atoms with Gasteiger partial charge in [0.25, 0.3) is 0 Å². The molecule has 0 aliphatic rings. The van der Waals surface area contributed by atoms with Crippen LogP contribution in [0, 0.1) is 0 Å². The van der Waals surface area contributed by atoms with E-state index >= 15 is 0 Å². The molecular weight excluding hydrogens is 442 g/mol. The summed E-state index contributed by atoms with van der Waals surface area (Å²) in [6, 6.07) is 41.9. The van der Waals surface area contributed by atoms with Crippen molar-refractivity contribution in [3.8, 4) is 0 Å². The van der Waals surface area contributed by atoms with Crippen molar-refractivity contribution in [2.24, 2.45) is 0 Å². The molecule has 0 N–H and O–H groups in total. The molecule has 0 spiro atoms. The average molecular weight is 466 g/mol. The van der Waals surface area contributed by atoms with E-state index in [-0.39, 0.29) is 0 Å². The summed E-state index contributed by atoms with van der Waals surface area (Å²) in [6.07, 6.45) is 2.90. The fraction of sp³-hybridized carbons (Fsp3) is 0.0370. The van der Waals surface area contributed by atoms with E-state index in [0.717, 1.165) is 11.7 Å². The van der Waals surface area contributed by atoms with E-state index in [4.69, 9.17) is 0 Å². The molecular formula is C27H24BF4P. The van der Waals surface area contributed by atoms with Crippen LogP contribution < -0.4 is 15.9 Å². The first-order valence-corrected chi connectivity index (χ1v) is 12.4. The van der Waals surface area contributed by atoms with Gasteiger partial charge in [-0.3, -0.25) is 0 Å². The molecule has 0 heterocycles. The van der Waals surface area contributed by atoms with Gasteiger partial charge in [-0.05, 0) is 47.5 Å². The van der Waals surface area contributed by atoms with Gasteiger partial charge in [-0.25, -0.2) is 0 Å². The Kier molecular flexibility index (Phi) is 8.24. The van der Waals surface area contributed by atoms with Crippen LogP contribution in [0.25, 0.3) is 6.08 Å². The minimum atomic E-state index is -6.00. The Labute approximate surface area is 193 Å². The third-order valence-corrected chi connectivity index (χ3v) is 9.60. The SMILES string of the molecule is C=Cc1ccc(C[P+](c2ccccc2)(c2ccccc2)c2ccccc2)cc1.F[B-](F)(F)F. The molecule has 0 aliphatic heterocycles. The summed E-state index contributed by atoms with van der Waals surface area (Å²) in [5.41, 5.74) is 2.52. The summed E-state index contributed by atoms with van der Waals surface area (Å²) in [5, 5.41) is 4.25. The maximum Gasteiger partial charge on any atom is 0.673 e. The number of halogens is 4. The molecule has 0 atom stereocenters. The molecule has 0 saturated carbocycles. The second-order valence-electron chi connectivity index (χ2n) is 7.42. The minimum Gasteiger partial charge on any atom is -0.418 e. The number of hydrogen-bond donors (Lipinski definition) is 0. The molecule has 4 rings (SSSR count). The Morgan fingerprint density at radius 1 is 0.576 bits per heavy atom. The van der Waals surface area contributed by atoms with Gasteiger partial charge in [-0.15, -0.1) is 0 Å². The summed E-state index contributed by atoms with van der Waals surface area (Å²) in [6.45, 7) is 3.88. The van der Waals surface area contributed by atoms with Crippen molar-refractivity contribution >= 4 is 36.5 Å². The molecule has 168 valence electrons. The van der Waals surface area contributed by atoms with Gasteiger partial charge in [0, 0.05) is 0 Å². The molecule has 0 amide bonds. The van der Waals surface area contributed by atoms with Gasteiger partial charge in [-0.1, -0.05) is 91.5 Å². The highest BCUT2D eigenvalue weighted by Crippen LogP contribution is 2.58. The fourth-order valence-corrected chi connectivity index (χ4v) is 8.05. The zero-order valence-electron chi connectivity index (χ0n) is 18.0. The highest BCUT2D eigenvalue weighted by atomic mass is 31.2. The van der Waals surface area contributed by atoms with Gasteiger partial charge in [-0.2, -0.15) is 0 Å². The molecule has 0 saturated heterocycles. The van der Waals surface area contributed by atoms with Crippen LogP contribution in [0.5, 0.6) is 0 Å². The zero-order chi connectivity index (χ0) is 23.7. The van der Waals surface area contributed by atoms with Crippen LogP contribution in [-0.2, 0) is 6.16 Å². The van der Waals surface area contributed by atoms with Crippen LogP contribution in [-0.4, -0.2) is 7.25 Å². The largest absolute Gasteiger partial charge is 0.673 e. The lowest BCUT2D eigenvalue weighted by atomic mass is 10.1. The quantitative estimate of drug-likeness (QED) is 0.161. The smallest absolute Gasteiger partial charge is 0.418 e. The normalized spacial score (nSPS) is 11.3. The third kappa shape index (κ3) is 6.66. The van der Waals surface area contributed by atoms with Crippen molar-refractivity contribution in [3.05, 3.63) is 133 Å². The maximum absolute atomic E-state index is 9.75. The highest BCUT2D eigenvalue weighted by Gasteiger charge is 2.45. The molecule has 0 bridgehead atoms. The first-order chi connectivity index (χ1) is 15.8. The van der Waals surface area contributed by atoms with E-state index in [1.807, 2.05) is 6.08 Å². The maximum atomic E-state index is 9.75. The van der Waals surface area contributed by atoms with Gasteiger partial charge in [0.05, 0.1) is 6.16 Å². The summed E-state index contributed by atoms with van der Waals surface area (Å²) in [5.74, 6) is 0. The van der Waals surface area contributed by atoms with Gasteiger partial charge in [0.2, 0.25) is 0 Å². The Balaban J connectivity index is 0.000000555. The molecule has 0 fully saturated rings. The molecule has 4 aromatic rings. The molecule has 0 unspecified atom stereocenters. The lowest BCUT2D eigenvalue weighted by molar-refractivity contribution is 0.368. The lowest BCUT2D eigenvalue weighted by Crippen LogP contribution is -2.32. The lowest BCUT2D eigenvalue weighted by Gasteiger charge is -2.27. The topological polar surface area (TPSA) is 0 Å². The number of rotatable bonds is 6. The molecule has 0 nitrogen and oxygen atoms in total.